The highest BCUT2D eigenvalue weighted by Crippen LogP contribution is 2.28. The molecule has 2 N–H and O–H groups in total. The second-order valence-corrected chi connectivity index (χ2v) is 4.72. The number of ether oxygens (including phenoxy) is 1. The Morgan fingerprint density at radius 3 is 2.75 bits per heavy atom. The molecule has 2 aromatic rings. The fourth-order valence-corrected chi connectivity index (χ4v) is 2.32. The van der Waals surface area contributed by atoms with Crippen LogP contribution in [0.4, 0.5) is 5.69 Å². The second kappa shape index (κ2) is 5.35. The van der Waals surface area contributed by atoms with E-state index in [9.17, 15) is 9.90 Å². The minimum atomic E-state index is -0.515. The highest BCUT2D eigenvalue weighted by Gasteiger charge is 2.28. The van der Waals surface area contributed by atoms with Gasteiger partial charge in [-0.15, -0.1) is 0 Å². The first-order valence-corrected chi connectivity index (χ1v) is 6.52. The molecular formula is C16H15NO3. The molecule has 1 heterocycles. The van der Waals surface area contributed by atoms with Crippen LogP contribution in [0.5, 0.6) is 5.75 Å². The molecule has 0 aromatic heterocycles. The Hall–Kier alpha value is -2.33. The van der Waals surface area contributed by atoms with E-state index in [4.69, 9.17) is 4.74 Å². The second-order valence-electron chi connectivity index (χ2n) is 4.72. The smallest absolute Gasteiger partial charge is 0.265 e. The van der Waals surface area contributed by atoms with Crippen molar-refractivity contribution in [1.82, 2.24) is 0 Å². The van der Waals surface area contributed by atoms with Crippen LogP contribution in [-0.4, -0.2) is 17.1 Å². The van der Waals surface area contributed by atoms with Gasteiger partial charge in [0.05, 0.1) is 6.61 Å². The highest BCUT2D eigenvalue weighted by atomic mass is 16.5. The Bertz CT molecular complexity index is 614. The Morgan fingerprint density at radius 2 is 1.95 bits per heavy atom. The summed E-state index contributed by atoms with van der Waals surface area (Å²) >= 11 is 0. The summed E-state index contributed by atoms with van der Waals surface area (Å²) in [6.45, 7) is -0.109. The van der Waals surface area contributed by atoms with Crippen molar-refractivity contribution >= 4 is 11.6 Å². The summed E-state index contributed by atoms with van der Waals surface area (Å²) in [4.78, 5) is 12.2. The molecule has 0 saturated carbocycles. The van der Waals surface area contributed by atoms with Gasteiger partial charge in [-0.2, -0.15) is 0 Å². The van der Waals surface area contributed by atoms with Crippen molar-refractivity contribution in [3.05, 3.63) is 59.7 Å². The molecule has 1 atom stereocenters. The minimum absolute atomic E-state index is 0.109. The predicted octanol–water partition coefficient (Wildman–Crippen LogP) is 2.12. The van der Waals surface area contributed by atoms with Gasteiger partial charge in [-0.3, -0.25) is 4.79 Å². The number of hydrogen-bond acceptors (Lipinski definition) is 3. The highest BCUT2D eigenvalue weighted by molar-refractivity contribution is 5.95. The normalized spacial score (nSPS) is 16.4. The number of carbonyl (C=O) groups excluding carboxylic acids is 1. The van der Waals surface area contributed by atoms with Gasteiger partial charge >= 0.3 is 0 Å². The predicted molar refractivity (Wildman–Crippen MR) is 75.6 cm³/mol. The molecule has 1 aliphatic rings. The van der Waals surface area contributed by atoms with Gasteiger partial charge in [0, 0.05) is 17.7 Å². The third kappa shape index (κ3) is 2.38. The maximum Gasteiger partial charge on any atom is 0.265 e. The molecule has 2 aromatic carbocycles. The number of rotatable bonds is 3. The van der Waals surface area contributed by atoms with Gasteiger partial charge in [0.25, 0.3) is 5.91 Å². The van der Waals surface area contributed by atoms with Crippen LogP contribution in [0.2, 0.25) is 0 Å². The van der Waals surface area contributed by atoms with Crippen LogP contribution < -0.4 is 10.1 Å². The zero-order valence-corrected chi connectivity index (χ0v) is 10.9. The standard InChI is InChI=1S/C16H15NO3/c18-10-12-6-1-3-7-13(12)17-16(19)15-9-11-5-2-4-8-14(11)20-15/h1-8,15,18H,9-10H2,(H,17,19). The van der Waals surface area contributed by atoms with E-state index < -0.39 is 6.10 Å². The summed E-state index contributed by atoms with van der Waals surface area (Å²) in [5.41, 5.74) is 2.36. The lowest BCUT2D eigenvalue weighted by molar-refractivity contribution is -0.122. The van der Waals surface area contributed by atoms with Crippen molar-refractivity contribution in [3.63, 3.8) is 0 Å². The lowest BCUT2D eigenvalue weighted by Crippen LogP contribution is -2.31. The maximum absolute atomic E-state index is 12.2. The number of anilines is 1. The quantitative estimate of drug-likeness (QED) is 0.897. The third-order valence-corrected chi connectivity index (χ3v) is 3.39. The molecule has 0 radical (unpaired) electrons. The molecule has 1 amide bonds. The Labute approximate surface area is 117 Å². The molecule has 0 bridgehead atoms. The van der Waals surface area contributed by atoms with Crippen molar-refractivity contribution in [3.8, 4) is 5.75 Å². The van der Waals surface area contributed by atoms with Crippen molar-refractivity contribution in [2.24, 2.45) is 0 Å². The van der Waals surface area contributed by atoms with Gasteiger partial charge < -0.3 is 15.2 Å². The summed E-state index contributed by atoms with van der Waals surface area (Å²) in [5.74, 6) is 0.574. The average Bonchev–Trinajstić information content (AvgIpc) is 2.92. The number of nitrogens with one attached hydrogen (secondary N) is 1. The first kappa shape index (κ1) is 12.7. The third-order valence-electron chi connectivity index (χ3n) is 3.39. The van der Waals surface area contributed by atoms with Crippen LogP contribution in [0, 0.1) is 0 Å². The Kier molecular flexibility index (Phi) is 3.39. The first-order chi connectivity index (χ1) is 9.78. The van der Waals surface area contributed by atoms with Crippen molar-refractivity contribution in [2.45, 2.75) is 19.1 Å². The van der Waals surface area contributed by atoms with Crippen LogP contribution in [0.3, 0.4) is 0 Å². The molecule has 0 spiro atoms. The topological polar surface area (TPSA) is 58.6 Å². The van der Waals surface area contributed by atoms with Gasteiger partial charge in [0.2, 0.25) is 0 Å². The lowest BCUT2D eigenvalue weighted by atomic mass is 10.1. The van der Waals surface area contributed by atoms with E-state index in [1.54, 1.807) is 12.1 Å². The average molecular weight is 269 g/mol. The number of carbonyl (C=O) groups is 1. The zero-order valence-electron chi connectivity index (χ0n) is 10.9. The van der Waals surface area contributed by atoms with Crippen LogP contribution >= 0.6 is 0 Å². The summed E-state index contributed by atoms with van der Waals surface area (Å²) in [5, 5.41) is 12.1. The molecule has 0 fully saturated rings. The summed E-state index contributed by atoms with van der Waals surface area (Å²) in [6, 6.07) is 14.8. The molecule has 1 unspecified atom stereocenters. The van der Waals surface area contributed by atoms with E-state index in [-0.39, 0.29) is 12.5 Å². The molecule has 102 valence electrons. The number of aliphatic hydroxyl groups is 1. The van der Waals surface area contributed by atoms with Crippen LogP contribution in [-0.2, 0) is 17.8 Å². The van der Waals surface area contributed by atoms with Crippen molar-refractivity contribution in [1.29, 1.82) is 0 Å². The van der Waals surface area contributed by atoms with E-state index in [1.165, 1.54) is 0 Å². The molecule has 3 rings (SSSR count). The lowest BCUT2D eigenvalue weighted by Gasteiger charge is -2.13. The molecular weight excluding hydrogens is 254 g/mol. The van der Waals surface area contributed by atoms with Gasteiger partial charge in [0.1, 0.15) is 5.75 Å². The maximum atomic E-state index is 12.2. The Balaban J connectivity index is 1.72. The fourth-order valence-electron chi connectivity index (χ4n) is 2.32. The monoisotopic (exact) mass is 269 g/mol. The number of amides is 1. The number of aliphatic hydroxyl groups excluding tert-OH is 1. The van der Waals surface area contributed by atoms with E-state index in [1.807, 2.05) is 36.4 Å². The summed E-state index contributed by atoms with van der Waals surface area (Å²) < 4.78 is 5.64. The summed E-state index contributed by atoms with van der Waals surface area (Å²) in [7, 11) is 0. The summed E-state index contributed by atoms with van der Waals surface area (Å²) in [6.07, 6.45) is 0.0580. The first-order valence-electron chi connectivity index (χ1n) is 6.52. The van der Waals surface area contributed by atoms with Crippen molar-refractivity contribution < 1.29 is 14.6 Å². The fraction of sp³-hybridized carbons (Fsp3) is 0.188. The van der Waals surface area contributed by atoms with Gasteiger partial charge in [-0.05, 0) is 17.7 Å². The SMILES string of the molecule is O=C(Nc1ccccc1CO)C1Cc2ccccc2O1. The molecule has 4 nitrogen and oxygen atoms in total. The van der Waals surface area contributed by atoms with Gasteiger partial charge in [0.15, 0.2) is 6.10 Å². The van der Waals surface area contributed by atoms with Gasteiger partial charge in [-0.1, -0.05) is 36.4 Å². The van der Waals surface area contributed by atoms with Crippen LogP contribution in [0.1, 0.15) is 11.1 Å². The van der Waals surface area contributed by atoms with E-state index in [0.29, 0.717) is 17.7 Å². The van der Waals surface area contributed by atoms with Gasteiger partial charge in [-0.25, -0.2) is 0 Å². The van der Waals surface area contributed by atoms with E-state index in [0.717, 1.165) is 11.3 Å². The van der Waals surface area contributed by atoms with E-state index in [2.05, 4.69) is 5.32 Å². The molecule has 0 saturated heterocycles. The van der Waals surface area contributed by atoms with E-state index >= 15 is 0 Å². The molecule has 1 aliphatic heterocycles. The number of hydrogen-bond donors (Lipinski definition) is 2. The zero-order chi connectivity index (χ0) is 13.9. The van der Waals surface area contributed by atoms with Crippen LogP contribution in [0.25, 0.3) is 0 Å². The number of para-hydroxylation sites is 2. The largest absolute Gasteiger partial charge is 0.480 e. The number of fused-ring (bicyclic) bond motifs is 1. The number of benzene rings is 2. The molecule has 0 aliphatic carbocycles. The molecule has 4 heteroatoms. The van der Waals surface area contributed by atoms with Crippen molar-refractivity contribution in [2.75, 3.05) is 5.32 Å². The Morgan fingerprint density at radius 1 is 1.20 bits per heavy atom. The molecule has 20 heavy (non-hydrogen) atoms. The minimum Gasteiger partial charge on any atom is -0.480 e. The van der Waals surface area contributed by atoms with Crippen LogP contribution in [0.15, 0.2) is 48.5 Å².